The number of alkyl halides is 2. The molecule has 2 heterocycles. The maximum atomic E-state index is 14.0. The molecule has 1 aliphatic carbocycles. The summed E-state index contributed by atoms with van der Waals surface area (Å²) in [6.45, 7) is -0.407. The fourth-order valence-electron chi connectivity index (χ4n) is 3.05. The van der Waals surface area contributed by atoms with Gasteiger partial charge in [-0.05, 0) is 31.0 Å². The van der Waals surface area contributed by atoms with Gasteiger partial charge in [0.05, 0.1) is 12.2 Å². The van der Waals surface area contributed by atoms with Gasteiger partial charge in [0.25, 0.3) is 6.43 Å². The van der Waals surface area contributed by atoms with Crippen molar-refractivity contribution in [2.24, 2.45) is 0 Å². The second-order valence-corrected chi connectivity index (χ2v) is 7.81. The zero-order chi connectivity index (χ0) is 21.4. The van der Waals surface area contributed by atoms with Crippen LogP contribution in [0, 0.1) is 5.82 Å². The number of aromatic nitrogens is 4. The van der Waals surface area contributed by atoms with Gasteiger partial charge in [0, 0.05) is 22.7 Å². The van der Waals surface area contributed by atoms with Gasteiger partial charge >= 0.3 is 0 Å². The van der Waals surface area contributed by atoms with E-state index in [2.05, 4.69) is 15.5 Å². The number of hydrogen-bond acceptors (Lipinski definition) is 3. The summed E-state index contributed by atoms with van der Waals surface area (Å²) in [6, 6.07) is 5.65. The standard InChI is InChI=1S/C19H16Cl2F3N5O/c20-12-2-1-3-14(22)11(12)7-28-8-13(21)19(27-28)25-17(30)9-29-16(18(23)24)6-15(26-29)10-4-5-10/h1-3,6,8,10,18H,4-5,7,9H2,(H,25,27,30). The van der Waals surface area contributed by atoms with Crippen molar-refractivity contribution in [3.63, 3.8) is 0 Å². The van der Waals surface area contributed by atoms with Gasteiger partial charge < -0.3 is 5.32 Å². The molecule has 11 heteroatoms. The maximum absolute atomic E-state index is 14.0. The molecule has 0 atom stereocenters. The quantitative estimate of drug-likeness (QED) is 0.541. The molecule has 158 valence electrons. The Morgan fingerprint density at radius 2 is 2.00 bits per heavy atom. The average Bonchev–Trinajstić information content (AvgIpc) is 3.35. The first-order valence-corrected chi connectivity index (χ1v) is 9.89. The molecule has 0 unspecified atom stereocenters. The highest BCUT2D eigenvalue weighted by Gasteiger charge is 2.29. The van der Waals surface area contributed by atoms with Gasteiger partial charge in [-0.1, -0.05) is 29.3 Å². The monoisotopic (exact) mass is 457 g/mol. The van der Waals surface area contributed by atoms with Crippen LogP contribution in [0.2, 0.25) is 10.0 Å². The second-order valence-electron chi connectivity index (χ2n) is 7.00. The van der Waals surface area contributed by atoms with Crippen LogP contribution in [0.3, 0.4) is 0 Å². The molecule has 0 spiro atoms. The molecule has 1 aliphatic rings. The number of carbonyl (C=O) groups excluding carboxylic acids is 1. The molecule has 30 heavy (non-hydrogen) atoms. The highest BCUT2D eigenvalue weighted by atomic mass is 35.5. The smallest absolute Gasteiger partial charge is 0.280 e. The highest BCUT2D eigenvalue weighted by molar-refractivity contribution is 6.33. The summed E-state index contributed by atoms with van der Waals surface area (Å²) in [6.07, 6.45) is 0.477. The Hall–Kier alpha value is -2.52. The molecule has 6 nitrogen and oxygen atoms in total. The Bertz CT molecular complexity index is 1070. The minimum Gasteiger partial charge on any atom is -0.306 e. The number of nitrogens with one attached hydrogen (secondary N) is 1. The van der Waals surface area contributed by atoms with E-state index in [0.29, 0.717) is 5.69 Å². The van der Waals surface area contributed by atoms with Crippen LogP contribution in [-0.4, -0.2) is 25.5 Å². The van der Waals surface area contributed by atoms with Crippen molar-refractivity contribution in [1.29, 1.82) is 0 Å². The lowest BCUT2D eigenvalue weighted by Crippen LogP contribution is -2.21. The third-order valence-corrected chi connectivity index (χ3v) is 5.33. The molecule has 0 bridgehead atoms. The number of nitrogens with zero attached hydrogens (tertiary/aromatic N) is 4. The Labute approximate surface area is 179 Å². The van der Waals surface area contributed by atoms with Gasteiger partial charge in [0.1, 0.15) is 23.1 Å². The van der Waals surface area contributed by atoms with Crippen molar-refractivity contribution in [3.05, 3.63) is 63.3 Å². The molecule has 1 saturated carbocycles. The molecule has 0 saturated heterocycles. The van der Waals surface area contributed by atoms with Crippen LogP contribution in [0.1, 0.15) is 42.1 Å². The van der Waals surface area contributed by atoms with Crippen molar-refractivity contribution in [3.8, 4) is 0 Å². The molecule has 0 radical (unpaired) electrons. The zero-order valence-corrected chi connectivity index (χ0v) is 17.0. The Morgan fingerprint density at radius 3 is 2.67 bits per heavy atom. The Morgan fingerprint density at radius 1 is 1.23 bits per heavy atom. The zero-order valence-electron chi connectivity index (χ0n) is 15.5. The van der Waals surface area contributed by atoms with Crippen LogP contribution >= 0.6 is 23.2 Å². The van der Waals surface area contributed by atoms with E-state index >= 15 is 0 Å². The van der Waals surface area contributed by atoms with Gasteiger partial charge in [-0.15, -0.1) is 0 Å². The van der Waals surface area contributed by atoms with E-state index in [1.807, 2.05) is 0 Å². The van der Waals surface area contributed by atoms with Crippen LogP contribution in [0.5, 0.6) is 0 Å². The average molecular weight is 458 g/mol. The molecule has 1 aromatic carbocycles. The lowest BCUT2D eigenvalue weighted by Gasteiger charge is -2.07. The Balaban J connectivity index is 1.47. The summed E-state index contributed by atoms with van der Waals surface area (Å²) in [4.78, 5) is 12.4. The van der Waals surface area contributed by atoms with Crippen LogP contribution in [-0.2, 0) is 17.9 Å². The first kappa shape index (κ1) is 20.7. The first-order chi connectivity index (χ1) is 14.3. The van der Waals surface area contributed by atoms with Gasteiger partial charge in [0.15, 0.2) is 5.82 Å². The number of rotatable bonds is 7. The number of carbonyl (C=O) groups is 1. The SMILES string of the molecule is O=C(Cn1nc(C2CC2)cc1C(F)F)Nc1nn(Cc2c(F)cccc2Cl)cc1Cl. The molecule has 4 rings (SSSR count). The minimum absolute atomic E-state index is 0.000528. The summed E-state index contributed by atoms with van der Waals surface area (Å²) in [5.41, 5.74) is 0.488. The van der Waals surface area contributed by atoms with E-state index in [0.717, 1.165) is 17.5 Å². The van der Waals surface area contributed by atoms with Crippen LogP contribution in [0.15, 0.2) is 30.5 Å². The molecule has 1 N–H and O–H groups in total. The van der Waals surface area contributed by atoms with E-state index in [4.69, 9.17) is 23.2 Å². The highest BCUT2D eigenvalue weighted by Crippen LogP contribution is 2.40. The lowest BCUT2D eigenvalue weighted by atomic mass is 10.2. The molecule has 0 aliphatic heterocycles. The number of benzene rings is 1. The predicted octanol–water partition coefficient (Wildman–Crippen LogP) is 5.03. The van der Waals surface area contributed by atoms with Gasteiger partial charge in [-0.3, -0.25) is 14.2 Å². The summed E-state index contributed by atoms with van der Waals surface area (Å²) in [5.74, 6) is -0.896. The normalized spacial score (nSPS) is 13.8. The summed E-state index contributed by atoms with van der Waals surface area (Å²) >= 11 is 12.1. The summed E-state index contributed by atoms with van der Waals surface area (Å²) in [7, 11) is 0. The maximum Gasteiger partial charge on any atom is 0.280 e. The predicted molar refractivity (Wildman–Crippen MR) is 106 cm³/mol. The molecule has 3 aromatic rings. The van der Waals surface area contributed by atoms with Gasteiger partial charge in [-0.25, -0.2) is 13.2 Å². The van der Waals surface area contributed by atoms with Crippen LogP contribution in [0.25, 0.3) is 0 Å². The van der Waals surface area contributed by atoms with Gasteiger partial charge in [0.2, 0.25) is 5.91 Å². The third-order valence-electron chi connectivity index (χ3n) is 4.70. The molecule has 1 fully saturated rings. The summed E-state index contributed by atoms with van der Waals surface area (Å²) < 4.78 is 42.8. The molecular formula is C19H16Cl2F3N5O. The molecule has 2 aromatic heterocycles. The van der Waals surface area contributed by atoms with Crippen molar-refractivity contribution < 1.29 is 18.0 Å². The lowest BCUT2D eigenvalue weighted by molar-refractivity contribution is -0.117. The molecular weight excluding hydrogens is 442 g/mol. The van der Waals surface area contributed by atoms with E-state index in [1.165, 1.54) is 29.1 Å². The second kappa shape index (κ2) is 8.31. The fraction of sp³-hybridized carbons (Fsp3) is 0.316. The molecule has 1 amide bonds. The number of halogens is 5. The number of anilines is 1. The summed E-state index contributed by atoms with van der Waals surface area (Å²) in [5, 5.41) is 11.1. The van der Waals surface area contributed by atoms with E-state index in [9.17, 15) is 18.0 Å². The van der Waals surface area contributed by atoms with Crippen LogP contribution < -0.4 is 5.32 Å². The minimum atomic E-state index is -2.74. The van der Waals surface area contributed by atoms with Crippen LogP contribution in [0.4, 0.5) is 19.0 Å². The van der Waals surface area contributed by atoms with Crippen molar-refractivity contribution in [2.45, 2.75) is 38.3 Å². The number of amides is 1. The van der Waals surface area contributed by atoms with Crippen molar-refractivity contribution in [1.82, 2.24) is 19.6 Å². The fourth-order valence-corrected chi connectivity index (χ4v) is 3.47. The largest absolute Gasteiger partial charge is 0.306 e. The first-order valence-electron chi connectivity index (χ1n) is 9.13. The van der Waals surface area contributed by atoms with Crippen molar-refractivity contribution in [2.75, 3.05) is 5.32 Å². The van der Waals surface area contributed by atoms with E-state index < -0.39 is 24.7 Å². The van der Waals surface area contributed by atoms with Gasteiger partial charge in [-0.2, -0.15) is 10.2 Å². The Kier molecular flexibility index (Phi) is 5.75. The van der Waals surface area contributed by atoms with E-state index in [1.54, 1.807) is 6.07 Å². The topological polar surface area (TPSA) is 64.7 Å². The van der Waals surface area contributed by atoms with Crippen molar-refractivity contribution >= 4 is 34.9 Å². The van der Waals surface area contributed by atoms with E-state index in [-0.39, 0.29) is 39.6 Å². The third kappa shape index (κ3) is 4.46. The number of hydrogen-bond donors (Lipinski definition) is 1.